The Morgan fingerprint density at radius 3 is 2.23 bits per heavy atom. The topological polar surface area (TPSA) is 17.1 Å². The third-order valence-electron chi connectivity index (χ3n) is 2.12. The smallest absolute Gasteiger partial charge is 0.152 e. The molecule has 0 aromatic heterocycles. The third kappa shape index (κ3) is 9.32. The molecule has 0 aliphatic rings. The number of rotatable bonds is 7. The minimum atomic E-state index is 0.172. The molecule has 1 nitrogen and oxygen atoms in total. The van der Waals surface area contributed by atoms with Gasteiger partial charge in [0.25, 0.3) is 0 Å². The molecule has 0 heterocycles. The van der Waals surface area contributed by atoms with E-state index in [9.17, 15) is 4.79 Å². The zero-order valence-corrected chi connectivity index (χ0v) is 9.23. The fourth-order valence-electron chi connectivity index (χ4n) is 1.43. The molecule has 0 aromatic rings. The molecule has 0 bridgehead atoms. The predicted octanol–water partition coefficient (Wildman–Crippen LogP) is 3.88. The van der Waals surface area contributed by atoms with Crippen LogP contribution in [0.25, 0.3) is 0 Å². The summed E-state index contributed by atoms with van der Waals surface area (Å²) in [6, 6.07) is 0. The molecule has 0 aliphatic heterocycles. The Kier molecular flexibility index (Phi) is 7.66. The van der Waals surface area contributed by atoms with Crippen molar-refractivity contribution in [1.29, 1.82) is 0 Å². The van der Waals surface area contributed by atoms with Gasteiger partial charge in [0, 0.05) is 0 Å². The Morgan fingerprint density at radius 2 is 1.69 bits per heavy atom. The van der Waals surface area contributed by atoms with Crippen molar-refractivity contribution in [3.8, 4) is 0 Å². The highest BCUT2D eigenvalue weighted by atomic mass is 16.1. The van der Waals surface area contributed by atoms with Gasteiger partial charge >= 0.3 is 0 Å². The van der Waals surface area contributed by atoms with E-state index in [0.717, 1.165) is 6.42 Å². The maximum Gasteiger partial charge on any atom is 0.152 e. The highest BCUT2D eigenvalue weighted by Gasteiger charge is 1.93. The molecule has 0 saturated carbocycles. The van der Waals surface area contributed by atoms with E-state index < -0.39 is 0 Å². The molecule has 0 amide bonds. The number of unbranched alkanes of at least 4 members (excludes halogenated alkanes) is 4. The van der Waals surface area contributed by atoms with Gasteiger partial charge in [0.1, 0.15) is 0 Å². The number of carbonyl (C=O) groups excluding carboxylic acids is 1. The molecule has 0 atom stereocenters. The summed E-state index contributed by atoms with van der Waals surface area (Å²) in [7, 11) is 0. The summed E-state index contributed by atoms with van der Waals surface area (Å²) in [6.07, 6.45) is 9.34. The van der Waals surface area contributed by atoms with Gasteiger partial charge in [-0.15, -0.1) is 0 Å². The SMILES string of the molecule is CCCCCCCC(C)=CC(C)=O. The van der Waals surface area contributed by atoms with E-state index in [1.807, 2.05) is 6.92 Å². The predicted molar refractivity (Wildman–Crippen MR) is 57.8 cm³/mol. The summed E-state index contributed by atoms with van der Waals surface area (Å²) in [5.41, 5.74) is 1.23. The molecule has 76 valence electrons. The maximum atomic E-state index is 10.7. The molecule has 0 aromatic carbocycles. The van der Waals surface area contributed by atoms with Gasteiger partial charge in [-0.3, -0.25) is 4.79 Å². The minimum absolute atomic E-state index is 0.172. The first kappa shape index (κ1) is 12.4. The molecule has 13 heavy (non-hydrogen) atoms. The molecular formula is C12H22O. The van der Waals surface area contributed by atoms with Crippen molar-refractivity contribution in [2.45, 2.75) is 59.3 Å². The second-order valence-corrected chi connectivity index (χ2v) is 3.77. The van der Waals surface area contributed by atoms with Gasteiger partial charge in [-0.2, -0.15) is 0 Å². The number of carbonyl (C=O) groups is 1. The Bertz CT molecular complexity index is 168. The average molecular weight is 182 g/mol. The largest absolute Gasteiger partial charge is 0.295 e. The van der Waals surface area contributed by atoms with E-state index in [0.29, 0.717) is 0 Å². The van der Waals surface area contributed by atoms with E-state index in [-0.39, 0.29) is 5.78 Å². The van der Waals surface area contributed by atoms with Crippen molar-refractivity contribution >= 4 is 5.78 Å². The normalized spacial score (nSPS) is 11.8. The molecular weight excluding hydrogens is 160 g/mol. The molecule has 0 rings (SSSR count). The highest BCUT2D eigenvalue weighted by Crippen LogP contribution is 2.10. The lowest BCUT2D eigenvalue weighted by Gasteiger charge is -2.00. The van der Waals surface area contributed by atoms with Crippen LogP contribution in [0, 0.1) is 0 Å². The standard InChI is InChI=1S/C12H22O/c1-4-5-6-7-8-9-11(2)10-12(3)13/h10H,4-9H2,1-3H3. The quantitative estimate of drug-likeness (QED) is 0.431. The van der Waals surface area contributed by atoms with Crippen molar-refractivity contribution < 1.29 is 4.79 Å². The van der Waals surface area contributed by atoms with Crippen LogP contribution in [0.5, 0.6) is 0 Å². The molecule has 0 spiro atoms. The van der Waals surface area contributed by atoms with E-state index in [1.54, 1.807) is 13.0 Å². The van der Waals surface area contributed by atoms with Crippen LogP contribution in [0.1, 0.15) is 59.3 Å². The van der Waals surface area contributed by atoms with Crippen LogP contribution in [-0.2, 0) is 4.79 Å². The number of allylic oxidation sites excluding steroid dienone is 2. The van der Waals surface area contributed by atoms with Crippen LogP contribution in [0.15, 0.2) is 11.6 Å². The summed E-state index contributed by atoms with van der Waals surface area (Å²) < 4.78 is 0. The summed E-state index contributed by atoms with van der Waals surface area (Å²) in [5, 5.41) is 0. The average Bonchev–Trinajstić information content (AvgIpc) is 2.02. The molecule has 0 N–H and O–H groups in total. The lowest BCUT2D eigenvalue weighted by molar-refractivity contribution is -0.112. The Morgan fingerprint density at radius 1 is 1.08 bits per heavy atom. The molecule has 0 fully saturated rings. The number of ketones is 1. The van der Waals surface area contributed by atoms with Crippen LogP contribution >= 0.6 is 0 Å². The van der Waals surface area contributed by atoms with E-state index >= 15 is 0 Å². The van der Waals surface area contributed by atoms with E-state index in [2.05, 4.69) is 6.92 Å². The third-order valence-corrected chi connectivity index (χ3v) is 2.12. The lowest BCUT2D eigenvalue weighted by Crippen LogP contribution is -1.86. The minimum Gasteiger partial charge on any atom is -0.295 e. The fraction of sp³-hybridized carbons (Fsp3) is 0.750. The Balaban J connectivity index is 3.37. The molecule has 0 saturated heterocycles. The molecule has 0 aliphatic carbocycles. The van der Waals surface area contributed by atoms with Gasteiger partial charge in [-0.25, -0.2) is 0 Å². The number of hydrogen-bond acceptors (Lipinski definition) is 1. The lowest BCUT2D eigenvalue weighted by atomic mass is 10.1. The summed E-state index contributed by atoms with van der Waals surface area (Å²) in [6.45, 7) is 5.88. The fourth-order valence-corrected chi connectivity index (χ4v) is 1.43. The van der Waals surface area contributed by atoms with Gasteiger partial charge < -0.3 is 0 Å². The zero-order chi connectivity index (χ0) is 10.1. The molecule has 0 unspecified atom stereocenters. The highest BCUT2D eigenvalue weighted by molar-refractivity contribution is 5.87. The second kappa shape index (κ2) is 8.03. The van der Waals surface area contributed by atoms with Crippen LogP contribution in [0.2, 0.25) is 0 Å². The van der Waals surface area contributed by atoms with Crippen molar-refractivity contribution in [3.05, 3.63) is 11.6 Å². The van der Waals surface area contributed by atoms with Gasteiger partial charge in [0.15, 0.2) is 5.78 Å². The maximum absolute atomic E-state index is 10.7. The monoisotopic (exact) mass is 182 g/mol. The van der Waals surface area contributed by atoms with Gasteiger partial charge in [-0.05, 0) is 32.8 Å². The van der Waals surface area contributed by atoms with Crippen molar-refractivity contribution in [1.82, 2.24) is 0 Å². The van der Waals surface area contributed by atoms with Gasteiger partial charge in [0.2, 0.25) is 0 Å². The van der Waals surface area contributed by atoms with Crippen LogP contribution in [0.4, 0.5) is 0 Å². The summed E-state index contributed by atoms with van der Waals surface area (Å²) >= 11 is 0. The second-order valence-electron chi connectivity index (χ2n) is 3.77. The first-order chi connectivity index (χ1) is 6.16. The van der Waals surface area contributed by atoms with Crippen LogP contribution < -0.4 is 0 Å². The van der Waals surface area contributed by atoms with E-state index in [4.69, 9.17) is 0 Å². The van der Waals surface area contributed by atoms with Crippen molar-refractivity contribution in [3.63, 3.8) is 0 Å². The first-order valence-corrected chi connectivity index (χ1v) is 5.34. The van der Waals surface area contributed by atoms with Crippen LogP contribution in [-0.4, -0.2) is 5.78 Å². The van der Waals surface area contributed by atoms with E-state index in [1.165, 1.54) is 37.7 Å². The number of hydrogen-bond donors (Lipinski definition) is 0. The van der Waals surface area contributed by atoms with Gasteiger partial charge in [0.05, 0.1) is 0 Å². The molecule has 0 radical (unpaired) electrons. The summed E-state index contributed by atoms with van der Waals surface area (Å²) in [5.74, 6) is 0.172. The van der Waals surface area contributed by atoms with Crippen molar-refractivity contribution in [2.24, 2.45) is 0 Å². The zero-order valence-electron chi connectivity index (χ0n) is 9.23. The first-order valence-electron chi connectivity index (χ1n) is 5.34. The Labute approximate surface area is 82.2 Å². The Hall–Kier alpha value is -0.590. The summed E-state index contributed by atoms with van der Waals surface area (Å²) in [4.78, 5) is 10.7. The van der Waals surface area contributed by atoms with Crippen molar-refractivity contribution in [2.75, 3.05) is 0 Å². The molecule has 1 heteroatoms. The van der Waals surface area contributed by atoms with Crippen LogP contribution in [0.3, 0.4) is 0 Å². The van der Waals surface area contributed by atoms with Gasteiger partial charge in [-0.1, -0.05) is 38.2 Å².